The van der Waals surface area contributed by atoms with Crippen LogP contribution >= 0.6 is 0 Å². The Bertz CT molecular complexity index is 1540. The first kappa shape index (κ1) is 34.9. The van der Waals surface area contributed by atoms with Gasteiger partial charge in [0.25, 0.3) is 5.91 Å². The first-order valence-corrected chi connectivity index (χ1v) is 16.1. The number of carbonyl (C=O) groups is 3. The van der Waals surface area contributed by atoms with Crippen molar-refractivity contribution in [2.75, 3.05) is 44.8 Å². The quantitative estimate of drug-likeness (QED) is 0.129. The highest BCUT2D eigenvalue weighted by molar-refractivity contribution is 5.98. The van der Waals surface area contributed by atoms with Crippen molar-refractivity contribution in [3.05, 3.63) is 60.1 Å². The lowest BCUT2D eigenvalue weighted by Crippen LogP contribution is -2.45. The molecule has 0 saturated heterocycles. The van der Waals surface area contributed by atoms with E-state index in [1.807, 2.05) is 29.2 Å². The number of halogens is 3. The van der Waals surface area contributed by atoms with E-state index in [2.05, 4.69) is 20.4 Å². The van der Waals surface area contributed by atoms with Crippen LogP contribution in [0.2, 0.25) is 0 Å². The Morgan fingerprint density at radius 3 is 2.67 bits per heavy atom. The second kappa shape index (κ2) is 16.6. The molecule has 2 amide bonds. The normalized spacial score (nSPS) is 14.9. The maximum Gasteiger partial charge on any atom is 0.491 e. The standard InChI is InChI=1S/C34H39F3N4O7/c35-34(36,37)33(44)48-27-10-9-24(32-31(27)40-29(42)21-46-32)11-14-38-15-16-41(26-7-2-1-3-8-26)30(43)13-18-45-17-12-23-5-4-6-25(19-23)28-20-39-22-47-28/h4-6,9-10,19-20,22,26,38H,1-3,7-8,11-18,21H2,(H,40,42). The molecule has 3 aromatic rings. The summed E-state index contributed by atoms with van der Waals surface area (Å²) in [5.41, 5.74) is 2.55. The molecule has 2 aliphatic rings. The molecule has 0 radical (unpaired) electrons. The van der Waals surface area contributed by atoms with E-state index in [-0.39, 0.29) is 36.4 Å². The van der Waals surface area contributed by atoms with Crippen LogP contribution in [0.15, 0.2) is 53.4 Å². The average molecular weight is 673 g/mol. The molecule has 1 aromatic heterocycles. The summed E-state index contributed by atoms with van der Waals surface area (Å²) >= 11 is 0. The number of hydrogen-bond donors (Lipinski definition) is 2. The zero-order chi connectivity index (χ0) is 33.9. The monoisotopic (exact) mass is 672 g/mol. The van der Waals surface area contributed by atoms with Crippen molar-refractivity contribution in [3.8, 4) is 22.8 Å². The topological polar surface area (TPSA) is 132 Å². The fourth-order valence-electron chi connectivity index (χ4n) is 5.93. The number of aromatic nitrogens is 1. The number of amides is 2. The van der Waals surface area contributed by atoms with Crippen molar-refractivity contribution in [1.29, 1.82) is 0 Å². The maximum atomic E-state index is 13.3. The third-order valence-corrected chi connectivity index (χ3v) is 8.32. The van der Waals surface area contributed by atoms with Crippen LogP contribution in [0.5, 0.6) is 11.5 Å². The molecule has 1 fully saturated rings. The predicted molar refractivity (Wildman–Crippen MR) is 168 cm³/mol. The lowest BCUT2D eigenvalue weighted by molar-refractivity contribution is -0.189. The predicted octanol–water partition coefficient (Wildman–Crippen LogP) is 5.08. The van der Waals surface area contributed by atoms with Crippen molar-refractivity contribution < 1.29 is 46.2 Å². The third kappa shape index (κ3) is 9.57. The van der Waals surface area contributed by atoms with E-state index >= 15 is 0 Å². The third-order valence-electron chi connectivity index (χ3n) is 8.32. The molecular weight excluding hydrogens is 633 g/mol. The number of hydrogen-bond acceptors (Lipinski definition) is 9. The lowest BCUT2D eigenvalue weighted by Gasteiger charge is -2.34. The SMILES string of the molecule is O=C1COc2c(CCNCCN(C(=O)CCOCCc3cccc(-c4cnco4)c3)C3CCCCC3)ccc(OC(=O)C(F)(F)F)c2N1. The average Bonchev–Trinajstić information content (AvgIpc) is 3.62. The number of nitrogens with zero attached hydrogens (tertiary/aromatic N) is 2. The number of benzene rings is 2. The van der Waals surface area contributed by atoms with E-state index in [0.29, 0.717) is 57.0 Å². The summed E-state index contributed by atoms with van der Waals surface area (Å²) in [6, 6.07) is 10.9. The van der Waals surface area contributed by atoms with Gasteiger partial charge in [0, 0.05) is 24.7 Å². The van der Waals surface area contributed by atoms with Crippen LogP contribution < -0.4 is 20.1 Å². The fourth-order valence-corrected chi connectivity index (χ4v) is 5.93. The maximum absolute atomic E-state index is 13.3. The number of esters is 1. The smallest absolute Gasteiger partial charge is 0.481 e. The minimum atomic E-state index is -5.19. The first-order chi connectivity index (χ1) is 23.2. The summed E-state index contributed by atoms with van der Waals surface area (Å²) in [5.74, 6) is -2.50. The summed E-state index contributed by atoms with van der Waals surface area (Å²) in [4.78, 5) is 42.5. The van der Waals surface area contributed by atoms with Gasteiger partial charge in [0.2, 0.25) is 5.91 Å². The van der Waals surface area contributed by atoms with Gasteiger partial charge in [-0.05, 0) is 55.5 Å². The number of ether oxygens (including phenoxy) is 3. The number of anilines is 1. The molecule has 0 spiro atoms. The Balaban J connectivity index is 1.09. The van der Waals surface area contributed by atoms with Gasteiger partial charge in [-0.1, -0.05) is 43.5 Å². The highest BCUT2D eigenvalue weighted by Crippen LogP contribution is 2.40. The molecule has 1 aliphatic heterocycles. The van der Waals surface area contributed by atoms with E-state index in [0.717, 1.165) is 36.8 Å². The van der Waals surface area contributed by atoms with Crippen LogP contribution in [0.25, 0.3) is 11.3 Å². The number of nitrogens with one attached hydrogen (secondary N) is 2. The number of carbonyl (C=O) groups excluding carboxylic acids is 3. The van der Waals surface area contributed by atoms with Gasteiger partial charge in [-0.3, -0.25) is 9.59 Å². The van der Waals surface area contributed by atoms with E-state index in [4.69, 9.17) is 13.9 Å². The molecule has 1 saturated carbocycles. The highest BCUT2D eigenvalue weighted by Gasteiger charge is 2.42. The molecular formula is C34H39F3N4O7. The molecule has 5 rings (SSSR count). The summed E-state index contributed by atoms with van der Waals surface area (Å²) in [6.07, 6.45) is 4.55. The van der Waals surface area contributed by atoms with Crippen molar-refractivity contribution in [1.82, 2.24) is 15.2 Å². The second-order valence-corrected chi connectivity index (χ2v) is 11.7. The first-order valence-electron chi connectivity index (χ1n) is 16.1. The van der Waals surface area contributed by atoms with Crippen LogP contribution in [0.4, 0.5) is 18.9 Å². The number of alkyl halides is 3. The summed E-state index contributed by atoms with van der Waals surface area (Å²) in [5, 5.41) is 5.78. The van der Waals surface area contributed by atoms with Gasteiger partial charge in [0.05, 0.1) is 25.8 Å². The van der Waals surface area contributed by atoms with E-state index in [9.17, 15) is 27.6 Å². The van der Waals surface area contributed by atoms with Crippen molar-refractivity contribution in [2.24, 2.45) is 0 Å². The molecule has 0 unspecified atom stereocenters. The van der Waals surface area contributed by atoms with Crippen LogP contribution in [0.3, 0.4) is 0 Å². The molecule has 2 heterocycles. The Kier molecular flexibility index (Phi) is 12.1. The minimum Gasteiger partial charge on any atom is -0.481 e. The molecule has 2 N–H and O–H groups in total. The Morgan fingerprint density at radius 1 is 1.06 bits per heavy atom. The minimum absolute atomic E-state index is 0.0539. The largest absolute Gasteiger partial charge is 0.491 e. The molecule has 0 bridgehead atoms. The van der Waals surface area contributed by atoms with Gasteiger partial charge in [-0.25, -0.2) is 9.78 Å². The van der Waals surface area contributed by atoms with Crippen LogP contribution in [0.1, 0.15) is 49.7 Å². The summed E-state index contributed by atoms with van der Waals surface area (Å²) in [6.45, 7) is 2.02. The summed E-state index contributed by atoms with van der Waals surface area (Å²) in [7, 11) is 0. The van der Waals surface area contributed by atoms with Gasteiger partial charge in [0.1, 0.15) is 5.69 Å². The van der Waals surface area contributed by atoms with E-state index in [1.165, 1.54) is 24.9 Å². The zero-order valence-electron chi connectivity index (χ0n) is 26.5. The Morgan fingerprint density at radius 2 is 1.90 bits per heavy atom. The van der Waals surface area contributed by atoms with Crippen molar-refractivity contribution in [3.63, 3.8) is 0 Å². The van der Waals surface area contributed by atoms with Gasteiger partial charge in [-0.2, -0.15) is 13.2 Å². The Labute approximate surface area is 276 Å². The van der Waals surface area contributed by atoms with Crippen LogP contribution in [-0.4, -0.2) is 79.3 Å². The van der Waals surface area contributed by atoms with Gasteiger partial charge in [0.15, 0.2) is 30.3 Å². The molecule has 11 nitrogen and oxygen atoms in total. The molecule has 48 heavy (non-hydrogen) atoms. The van der Waals surface area contributed by atoms with Gasteiger partial charge in [-0.15, -0.1) is 0 Å². The fraction of sp³-hybridized carbons (Fsp3) is 0.471. The van der Waals surface area contributed by atoms with Crippen molar-refractivity contribution in [2.45, 2.75) is 63.6 Å². The van der Waals surface area contributed by atoms with Crippen molar-refractivity contribution >= 4 is 23.5 Å². The van der Waals surface area contributed by atoms with Gasteiger partial charge < -0.3 is 34.2 Å². The molecule has 1 aliphatic carbocycles. The van der Waals surface area contributed by atoms with E-state index < -0.39 is 23.8 Å². The van der Waals surface area contributed by atoms with Crippen LogP contribution in [0, 0.1) is 0 Å². The molecule has 14 heteroatoms. The number of oxazole rings is 1. The zero-order valence-corrected chi connectivity index (χ0v) is 26.5. The lowest BCUT2D eigenvalue weighted by atomic mass is 9.94. The van der Waals surface area contributed by atoms with E-state index in [1.54, 1.807) is 6.20 Å². The number of fused-ring (bicyclic) bond motifs is 1. The van der Waals surface area contributed by atoms with Gasteiger partial charge >= 0.3 is 12.1 Å². The summed E-state index contributed by atoms with van der Waals surface area (Å²) < 4.78 is 59.5. The highest BCUT2D eigenvalue weighted by atomic mass is 19.4. The Hall–Kier alpha value is -4.43. The molecule has 2 aromatic carbocycles. The molecule has 258 valence electrons. The van der Waals surface area contributed by atoms with Crippen LogP contribution in [-0.2, 0) is 32.0 Å². The molecule has 0 atom stereocenters. The second-order valence-electron chi connectivity index (χ2n) is 11.7. The number of rotatable bonds is 15.